The Balaban J connectivity index is 1.41. The maximum atomic E-state index is 11.7. The van der Waals surface area contributed by atoms with Crippen LogP contribution in [-0.4, -0.2) is 81.7 Å². The molecular weight excluding hydrogens is 520 g/mol. The van der Waals surface area contributed by atoms with E-state index in [1.807, 2.05) is 26.0 Å². The number of rotatable bonds is 6. The Kier molecular flexibility index (Phi) is 7.90. The van der Waals surface area contributed by atoms with Crippen LogP contribution in [0.25, 0.3) is 11.0 Å². The molecule has 1 aromatic carbocycles. The van der Waals surface area contributed by atoms with Crippen LogP contribution in [0.1, 0.15) is 40.0 Å². The predicted octanol–water partition coefficient (Wildman–Crippen LogP) is 1.74. The summed E-state index contributed by atoms with van der Waals surface area (Å²) in [6, 6.07) is 8.43. The van der Waals surface area contributed by atoms with E-state index in [9.17, 15) is 30.3 Å². The molecule has 10 atom stereocenters. The first kappa shape index (κ1) is 29.2. The maximum absolute atomic E-state index is 11.7. The molecule has 220 valence electrons. The van der Waals surface area contributed by atoms with Crippen molar-refractivity contribution in [2.24, 2.45) is 22.7 Å². The highest BCUT2D eigenvalue weighted by atomic mass is 16.7. The number of ether oxygens (including phenoxy) is 3. The van der Waals surface area contributed by atoms with Crippen LogP contribution in [0.15, 0.2) is 51.7 Å². The van der Waals surface area contributed by atoms with Gasteiger partial charge in [-0.3, -0.25) is 0 Å². The first-order chi connectivity index (χ1) is 18.9. The normalized spacial score (nSPS) is 39.6. The van der Waals surface area contributed by atoms with Gasteiger partial charge in [0, 0.05) is 23.4 Å². The first-order valence-electron chi connectivity index (χ1n) is 13.8. The first-order valence-corrected chi connectivity index (χ1v) is 13.8. The van der Waals surface area contributed by atoms with E-state index in [0.717, 1.165) is 11.0 Å². The van der Waals surface area contributed by atoms with Gasteiger partial charge in [0.2, 0.25) is 0 Å². The Labute approximate surface area is 232 Å². The van der Waals surface area contributed by atoms with Gasteiger partial charge in [0.05, 0.1) is 25.4 Å². The average molecular weight is 561 g/mol. The molecule has 2 saturated carbocycles. The number of hydrogen-bond acceptors (Lipinski definition) is 10. The van der Waals surface area contributed by atoms with Crippen molar-refractivity contribution in [1.29, 1.82) is 0 Å². The molecule has 2 heterocycles. The highest BCUT2D eigenvalue weighted by Crippen LogP contribution is 2.61. The van der Waals surface area contributed by atoms with E-state index in [-0.39, 0.29) is 11.8 Å². The molecule has 3 aliphatic rings. The second kappa shape index (κ2) is 10.8. The van der Waals surface area contributed by atoms with Crippen molar-refractivity contribution in [3.05, 3.63) is 52.9 Å². The van der Waals surface area contributed by atoms with Gasteiger partial charge in [-0.25, -0.2) is 4.79 Å². The molecule has 5 rings (SSSR count). The lowest BCUT2D eigenvalue weighted by atomic mass is 9.46. The lowest BCUT2D eigenvalue weighted by Gasteiger charge is -2.61. The second-order valence-electron chi connectivity index (χ2n) is 12.4. The van der Waals surface area contributed by atoms with Gasteiger partial charge in [-0.1, -0.05) is 32.9 Å². The Hall–Kier alpha value is -2.31. The third-order valence-corrected chi connectivity index (χ3v) is 9.62. The Morgan fingerprint density at radius 1 is 1.05 bits per heavy atom. The summed E-state index contributed by atoms with van der Waals surface area (Å²) >= 11 is 0. The van der Waals surface area contributed by atoms with Crippen LogP contribution < -0.4 is 10.4 Å². The number of hydrogen-bond donors (Lipinski definition) is 5. The summed E-state index contributed by atoms with van der Waals surface area (Å²) in [7, 11) is 0. The number of aliphatic hydroxyl groups is 5. The Bertz CT molecular complexity index is 1290. The van der Waals surface area contributed by atoms with Gasteiger partial charge in [0.15, 0.2) is 6.29 Å². The Morgan fingerprint density at radius 2 is 1.77 bits per heavy atom. The van der Waals surface area contributed by atoms with Crippen LogP contribution in [0.5, 0.6) is 5.75 Å². The summed E-state index contributed by atoms with van der Waals surface area (Å²) in [4.78, 5) is 11.7. The fourth-order valence-corrected chi connectivity index (χ4v) is 7.41. The van der Waals surface area contributed by atoms with Gasteiger partial charge >= 0.3 is 5.63 Å². The van der Waals surface area contributed by atoms with E-state index >= 15 is 0 Å². The lowest BCUT2D eigenvalue weighted by Crippen LogP contribution is -2.64. The maximum Gasteiger partial charge on any atom is 0.336 e. The second-order valence-corrected chi connectivity index (χ2v) is 12.4. The van der Waals surface area contributed by atoms with Crippen LogP contribution in [0.4, 0.5) is 0 Å². The van der Waals surface area contributed by atoms with Gasteiger partial charge in [-0.2, -0.15) is 0 Å². The van der Waals surface area contributed by atoms with Crippen LogP contribution in [0.3, 0.4) is 0 Å². The van der Waals surface area contributed by atoms with Crippen molar-refractivity contribution in [2.75, 3.05) is 13.2 Å². The van der Waals surface area contributed by atoms with Crippen LogP contribution >= 0.6 is 0 Å². The van der Waals surface area contributed by atoms with E-state index < -0.39 is 66.0 Å². The zero-order valence-corrected chi connectivity index (χ0v) is 23.1. The van der Waals surface area contributed by atoms with Crippen molar-refractivity contribution in [3.8, 4) is 5.75 Å². The molecule has 0 bridgehead atoms. The number of fused-ring (bicyclic) bond motifs is 2. The van der Waals surface area contributed by atoms with Crippen molar-refractivity contribution >= 4 is 11.0 Å². The monoisotopic (exact) mass is 560 g/mol. The molecule has 40 heavy (non-hydrogen) atoms. The summed E-state index contributed by atoms with van der Waals surface area (Å²) in [5.41, 5.74) is -0.120. The minimum atomic E-state index is -1.55. The molecule has 0 amide bonds. The molecule has 0 radical (unpaired) electrons. The van der Waals surface area contributed by atoms with Crippen molar-refractivity contribution in [2.45, 2.75) is 82.9 Å². The lowest BCUT2D eigenvalue weighted by molar-refractivity contribution is -0.327. The molecule has 5 N–H and O–H groups in total. The minimum absolute atomic E-state index is 0.0996. The van der Waals surface area contributed by atoms with Gasteiger partial charge in [0.25, 0.3) is 0 Å². The van der Waals surface area contributed by atoms with E-state index in [1.165, 1.54) is 6.07 Å². The smallest absolute Gasteiger partial charge is 0.336 e. The standard InChI is InChI=1S/C30H40O10/c1-15-11-20(39-28-26(36)25(35)24(34)21(13-31)40-28)27-29(2,3)22(32)9-10-30(27,4)18(15)14-37-17-7-5-16-6-8-23(33)38-19(16)12-17/h5-8,12,18,20-22,24-28,31-32,34-36H,1,9-11,13-14H2,2-4H3/t18-,20-,21+,22-,24+,25-,26+,27?,28+,30+/m1/s1. The molecule has 10 heteroatoms. The van der Waals surface area contributed by atoms with E-state index in [2.05, 4.69) is 13.5 Å². The van der Waals surface area contributed by atoms with Gasteiger partial charge in [0.1, 0.15) is 35.7 Å². The topological polar surface area (TPSA) is 159 Å². The average Bonchev–Trinajstić information content (AvgIpc) is 2.90. The van der Waals surface area contributed by atoms with E-state index in [1.54, 1.807) is 12.1 Å². The highest BCUT2D eigenvalue weighted by molar-refractivity contribution is 5.77. The summed E-state index contributed by atoms with van der Waals surface area (Å²) in [5, 5.41) is 52.6. The third-order valence-electron chi connectivity index (χ3n) is 9.62. The summed E-state index contributed by atoms with van der Waals surface area (Å²) in [5.74, 6) is 0.242. The van der Waals surface area contributed by atoms with Crippen LogP contribution in [0, 0.1) is 22.7 Å². The molecule has 1 aliphatic heterocycles. The number of benzene rings is 1. The highest BCUT2D eigenvalue weighted by Gasteiger charge is 2.61. The fraction of sp³-hybridized carbons (Fsp3) is 0.633. The predicted molar refractivity (Wildman–Crippen MR) is 144 cm³/mol. The van der Waals surface area contributed by atoms with Crippen molar-refractivity contribution in [3.63, 3.8) is 0 Å². The molecule has 3 fully saturated rings. The zero-order valence-electron chi connectivity index (χ0n) is 23.1. The summed E-state index contributed by atoms with van der Waals surface area (Å²) < 4.78 is 23.6. The fourth-order valence-electron chi connectivity index (χ4n) is 7.41. The van der Waals surface area contributed by atoms with Gasteiger partial charge in [-0.05, 0) is 54.2 Å². The molecule has 0 spiro atoms. The van der Waals surface area contributed by atoms with Crippen LogP contribution in [0.2, 0.25) is 0 Å². The molecule has 10 nitrogen and oxygen atoms in total. The molecule has 1 saturated heterocycles. The number of aliphatic hydroxyl groups excluding tert-OH is 5. The Morgan fingerprint density at radius 3 is 2.50 bits per heavy atom. The van der Waals surface area contributed by atoms with Crippen molar-refractivity contribution < 1.29 is 44.2 Å². The van der Waals surface area contributed by atoms with E-state index in [0.29, 0.717) is 37.2 Å². The van der Waals surface area contributed by atoms with E-state index in [4.69, 9.17) is 18.6 Å². The SMILES string of the molecule is C=C1C[C@@H](O[C@H]2O[C@@H](CO)[C@H](O)[C@@H](O)[C@@H]2O)C2C(C)(C)[C@H](O)CC[C@@]2(C)[C@@H]1COc1ccc2ccc(=O)oc2c1. The molecule has 2 aromatic rings. The summed E-state index contributed by atoms with van der Waals surface area (Å²) in [6.07, 6.45) is -6.40. The zero-order chi connectivity index (χ0) is 29.0. The van der Waals surface area contributed by atoms with Gasteiger partial charge in [-0.15, -0.1) is 0 Å². The molecule has 2 aliphatic carbocycles. The largest absolute Gasteiger partial charge is 0.493 e. The van der Waals surface area contributed by atoms with Crippen LogP contribution in [-0.2, 0) is 9.47 Å². The third kappa shape index (κ3) is 5.00. The van der Waals surface area contributed by atoms with Gasteiger partial charge < -0.3 is 44.2 Å². The summed E-state index contributed by atoms with van der Waals surface area (Å²) in [6.45, 7) is 10.3. The minimum Gasteiger partial charge on any atom is -0.493 e. The quantitative estimate of drug-likeness (QED) is 0.260. The van der Waals surface area contributed by atoms with Crippen molar-refractivity contribution in [1.82, 2.24) is 0 Å². The molecule has 1 aromatic heterocycles. The molecule has 1 unspecified atom stereocenters. The molecular formula is C30H40O10.